The van der Waals surface area contributed by atoms with Gasteiger partial charge in [-0.05, 0) is 22.4 Å². The van der Waals surface area contributed by atoms with Crippen molar-refractivity contribution in [1.29, 1.82) is 5.26 Å². The number of allylic oxidation sites excluding steroid dienone is 2. The highest BCUT2D eigenvalue weighted by Crippen LogP contribution is 2.01. The second kappa shape index (κ2) is 3.89. The Morgan fingerprint density at radius 2 is 2.57 bits per heavy atom. The summed E-state index contributed by atoms with van der Waals surface area (Å²) in [4.78, 5) is 0. The van der Waals surface area contributed by atoms with Crippen LogP contribution in [0.3, 0.4) is 0 Å². The number of nitrogens with zero attached hydrogens (tertiary/aromatic N) is 1. The molecule has 0 rings (SSSR count). The molecule has 0 aliphatic rings. The number of hydrogen-bond acceptors (Lipinski definition) is 1. The number of hydrogen-bond donors (Lipinski definition) is 0. The molecular formula is C5H6BrN. The van der Waals surface area contributed by atoms with Crippen LogP contribution in [0.5, 0.6) is 0 Å². The summed E-state index contributed by atoms with van der Waals surface area (Å²) in [6.07, 6.45) is 2.73. The molecule has 0 aliphatic carbocycles. The molecule has 0 aliphatic heterocycles. The first-order chi connectivity index (χ1) is 3.31. The Morgan fingerprint density at radius 3 is 2.71 bits per heavy atom. The Morgan fingerprint density at radius 1 is 2.00 bits per heavy atom. The van der Waals surface area contributed by atoms with Gasteiger partial charge in [0.25, 0.3) is 0 Å². The lowest BCUT2D eigenvalue weighted by molar-refractivity contribution is 1.22. The highest BCUT2D eigenvalue weighted by Gasteiger charge is 1.78. The lowest BCUT2D eigenvalue weighted by Crippen LogP contribution is -1.57. The molecule has 7 heavy (non-hydrogen) atoms. The van der Waals surface area contributed by atoms with Gasteiger partial charge >= 0.3 is 0 Å². The summed E-state index contributed by atoms with van der Waals surface area (Å²) >= 11 is 3.04. The molecule has 0 amide bonds. The summed E-state index contributed by atoms with van der Waals surface area (Å²) in [5, 5.41) is 8.10. The third-order valence-electron chi connectivity index (χ3n) is 0.490. The number of halogens is 1. The molecule has 0 N–H and O–H groups in total. The highest BCUT2D eigenvalue weighted by atomic mass is 79.9. The van der Waals surface area contributed by atoms with E-state index in [0.29, 0.717) is 4.48 Å². The maximum Gasteiger partial charge on any atom is 0.106 e. The highest BCUT2D eigenvalue weighted by molar-refractivity contribution is 9.12. The zero-order valence-electron chi connectivity index (χ0n) is 4.11. The smallest absolute Gasteiger partial charge is 0.106 e. The van der Waals surface area contributed by atoms with Gasteiger partial charge in [0, 0.05) is 0 Å². The summed E-state index contributed by atoms with van der Waals surface area (Å²) in [6, 6.07) is 1.94. The summed E-state index contributed by atoms with van der Waals surface area (Å²) < 4.78 is 0.620. The van der Waals surface area contributed by atoms with Gasteiger partial charge in [0.05, 0.1) is 4.48 Å². The number of rotatable bonds is 1. The van der Waals surface area contributed by atoms with Gasteiger partial charge in [-0.15, -0.1) is 0 Å². The average molecular weight is 160 g/mol. The van der Waals surface area contributed by atoms with E-state index in [4.69, 9.17) is 5.26 Å². The minimum absolute atomic E-state index is 0.620. The van der Waals surface area contributed by atoms with Crippen LogP contribution in [0, 0.1) is 11.3 Å². The molecule has 0 spiro atoms. The third-order valence-corrected chi connectivity index (χ3v) is 0.991. The van der Waals surface area contributed by atoms with Gasteiger partial charge < -0.3 is 0 Å². The van der Waals surface area contributed by atoms with Gasteiger partial charge in [-0.3, -0.25) is 0 Å². The van der Waals surface area contributed by atoms with Crippen molar-refractivity contribution in [3.63, 3.8) is 0 Å². The van der Waals surface area contributed by atoms with Crippen LogP contribution < -0.4 is 0 Å². The molecule has 0 aromatic heterocycles. The Kier molecular flexibility index (Phi) is 3.72. The summed E-state index contributed by atoms with van der Waals surface area (Å²) in [7, 11) is 0. The predicted octanol–water partition coefficient (Wildman–Crippen LogP) is 2.20. The van der Waals surface area contributed by atoms with E-state index in [0.717, 1.165) is 6.42 Å². The van der Waals surface area contributed by atoms with Gasteiger partial charge in [-0.2, -0.15) is 5.26 Å². The Balaban J connectivity index is 3.57. The Hall–Kier alpha value is -0.290. The Bertz CT molecular complexity index is 110. The molecule has 0 unspecified atom stereocenters. The molecule has 0 saturated carbocycles. The first kappa shape index (κ1) is 6.71. The molecule has 0 heterocycles. The van der Waals surface area contributed by atoms with Gasteiger partial charge in [0.15, 0.2) is 0 Å². The predicted molar refractivity (Wildman–Crippen MR) is 32.9 cm³/mol. The summed E-state index contributed by atoms with van der Waals surface area (Å²) in [5.74, 6) is 0. The van der Waals surface area contributed by atoms with E-state index in [1.54, 1.807) is 0 Å². The zero-order valence-corrected chi connectivity index (χ0v) is 5.70. The SMILES string of the molecule is CCC=C(Br)C#N. The van der Waals surface area contributed by atoms with Gasteiger partial charge in [0.1, 0.15) is 6.07 Å². The fourth-order valence-corrected chi connectivity index (χ4v) is 0.549. The van der Waals surface area contributed by atoms with Crippen LogP contribution in [0.25, 0.3) is 0 Å². The average Bonchev–Trinajstić information content (AvgIpc) is 1.68. The largest absolute Gasteiger partial charge is 0.192 e. The topological polar surface area (TPSA) is 23.8 Å². The van der Waals surface area contributed by atoms with Gasteiger partial charge in [-0.1, -0.05) is 13.0 Å². The summed E-state index contributed by atoms with van der Waals surface area (Å²) in [6.45, 7) is 1.98. The molecule has 0 fully saturated rings. The quantitative estimate of drug-likeness (QED) is 0.539. The standard InChI is InChI=1S/C5H6BrN/c1-2-3-5(6)4-7/h3H,2H2,1H3. The van der Waals surface area contributed by atoms with E-state index in [2.05, 4.69) is 15.9 Å². The first-order valence-corrected chi connectivity index (χ1v) is 2.86. The first-order valence-electron chi connectivity index (χ1n) is 2.07. The van der Waals surface area contributed by atoms with Crippen LogP contribution in [-0.4, -0.2) is 0 Å². The third kappa shape index (κ3) is 3.54. The van der Waals surface area contributed by atoms with Crippen LogP contribution in [-0.2, 0) is 0 Å². The van der Waals surface area contributed by atoms with Crippen molar-refractivity contribution in [2.75, 3.05) is 0 Å². The van der Waals surface area contributed by atoms with Gasteiger partial charge in [0.2, 0.25) is 0 Å². The maximum absolute atomic E-state index is 8.10. The van der Waals surface area contributed by atoms with Crippen LogP contribution in [0.15, 0.2) is 10.6 Å². The van der Waals surface area contributed by atoms with Crippen molar-refractivity contribution in [2.45, 2.75) is 13.3 Å². The van der Waals surface area contributed by atoms with E-state index in [9.17, 15) is 0 Å². The molecule has 1 nitrogen and oxygen atoms in total. The maximum atomic E-state index is 8.10. The molecule has 0 bridgehead atoms. The second-order valence-corrected chi connectivity index (χ2v) is 1.93. The molecule has 0 saturated heterocycles. The van der Waals surface area contributed by atoms with Crippen LogP contribution >= 0.6 is 15.9 Å². The molecule has 0 aromatic carbocycles. The van der Waals surface area contributed by atoms with E-state index < -0.39 is 0 Å². The van der Waals surface area contributed by atoms with E-state index in [1.807, 2.05) is 19.1 Å². The Labute approximate surface area is 51.8 Å². The fourth-order valence-electron chi connectivity index (χ4n) is 0.225. The van der Waals surface area contributed by atoms with Crippen molar-refractivity contribution < 1.29 is 0 Å². The van der Waals surface area contributed by atoms with Crippen molar-refractivity contribution >= 4 is 15.9 Å². The monoisotopic (exact) mass is 159 g/mol. The molecular weight excluding hydrogens is 154 g/mol. The number of nitriles is 1. The van der Waals surface area contributed by atoms with Crippen molar-refractivity contribution in [1.82, 2.24) is 0 Å². The van der Waals surface area contributed by atoms with Crippen LogP contribution in [0.4, 0.5) is 0 Å². The van der Waals surface area contributed by atoms with E-state index in [-0.39, 0.29) is 0 Å². The molecule has 0 atom stereocenters. The molecule has 2 heteroatoms. The lowest BCUT2D eigenvalue weighted by atomic mass is 10.4. The minimum atomic E-state index is 0.620. The van der Waals surface area contributed by atoms with Crippen LogP contribution in [0.1, 0.15) is 13.3 Å². The normalized spacial score (nSPS) is 10.7. The van der Waals surface area contributed by atoms with Crippen molar-refractivity contribution in [3.8, 4) is 6.07 Å². The fraction of sp³-hybridized carbons (Fsp3) is 0.400. The van der Waals surface area contributed by atoms with E-state index in [1.165, 1.54) is 0 Å². The van der Waals surface area contributed by atoms with Crippen molar-refractivity contribution in [3.05, 3.63) is 10.6 Å². The molecule has 0 radical (unpaired) electrons. The van der Waals surface area contributed by atoms with Crippen molar-refractivity contribution in [2.24, 2.45) is 0 Å². The molecule has 0 aromatic rings. The summed E-state index contributed by atoms with van der Waals surface area (Å²) in [5.41, 5.74) is 0. The van der Waals surface area contributed by atoms with Crippen LogP contribution in [0.2, 0.25) is 0 Å². The van der Waals surface area contributed by atoms with E-state index >= 15 is 0 Å². The second-order valence-electron chi connectivity index (χ2n) is 1.07. The van der Waals surface area contributed by atoms with Gasteiger partial charge in [-0.25, -0.2) is 0 Å². The minimum Gasteiger partial charge on any atom is -0.192 e. The lowest BCUT2D eigenvalue weighted by Gasteiger charge is -1.74. The molecule has 38 valence electrons. The zero-order chi connectivity index (χ0) is 5.70.